The minimum atomic E-state index is 0.0529. The number of hydrogen-bond donors (Lipinski definition) is 1. The van der Waals surface area contributed by atoms with Gasteiger partial charge >= 0.3 is 0 Å². The Balaban J connectivity index is 1.87. The number of carbonyl (C=O) groups excluding carboxylic acids is 1. The number of amides is 1. The van der Waals surface area contributed by atoms with Crippen LogP contribution in [0.2, 0.25) is 0 Å². The third-order valence-electron chi connectivity index (χ3n) is 3.36. The summed E-state index contributed by atoms with van der Waals surface area (Å²) in [5, 5.41) is 3.03. The molecule has 2 aromatic carbocycles. The molecule has 0 atom stereocenters. The van der Waals surface area contributed by atoms with Crippen molar-refractivity contribution in [2.75, 3.05) is 11.1 Å². The lowest BCUT2D eigenvalue weighted by Gasteiger charge is -2.12. The second-order valence-electron chi connectivity index (χ2n) is 5.44. The zero-order valence-corrected chi connectivity index (χ0v) is 15.5. The Hall–Kier alpha value is -1.26. The van der Waals surface area contributed by atoms with Crippen molar-refractivity contribution in [1.82, 2.24) is 0 Å². The summed E-state index contributed by atoms with van der Waals surface area (Å²) >= 11 is 5.05. The molecule has 0 unspecified atom stereocenters. The van der Waals surface area contributed by atoms with Crippen molar-refractivity contribution >= 4 is 39.3 Å². The maximum Gasteiger partial charge on any atom is 0.234 e. The van der Waals surface area contributed by atoms with Crippen LogP contribution in [0.3, 0.4) is 0 Å². The Morgan fingerprint density at radius 3 is 2.27 bits per heavy atom. The fourth-order valence-electron chi connectivity index (χ4n) is 2.39. The first-order valence-electron chi connectivity index (χ1n) is 7.15. The van der Waals surface area contributed by atoms with E-state index in [1.165, 1.54) is 11.1 Å². The monoisotopic (exact) mass is 377 g/mol. The van der Waals surface area contributed by atoms with Crippen LogP contribution < -0.4 is 5.32 Å². The highest BCUT2D eigenvalue weighted by atomic mass is 79.9. The number of benzene rings is 2. The van der Waals surface area contributed by atoms with Crippen molar-refractivity contribution in [2.24, 2.45) is 0 Å². The van der Waals surface area contributed by atoms with Gasteiger partial charge in [-0.25, -0.2) is 0 Å². The van der Waals surface area contributed by atoms with Crippen LogP contribution in [0.25, 0.3) is 0 Å². The van der Waals surface area contributed by atoms with Crippen LogP contribution in [-0.4, -0.2) is 11.7 Å². The van der Waals surface area contributed by atoms with E-state index in [0.717, 1.165) is 27.0 Å². The molecule has 0 saturated heterocycles. The number of halogens is 1. The lowest BCUT2D eigenvalue weighted by molar-refractivity contribution is -0.113. The molecule has 0 aliphatic rings. The van der Waals surface area contributed by atoms with E-state index in [2.05, 4.69) is 52.4 Å². The van der Waals surface area contributed by atoms with E-state index in [0.29, 0.717) is 5.75 Å². The molecule has 0 fully saturated rings. The molecule has 116 valence electrons. The highest BCUT2D eigenvalue weighted by Gasteiger charge is 2.08. The van der Waals surface area contributed by atoms with Gasteiger partial charge in [-0.1, -0.05) is 45.8 Å². The van der Waals surface area contributed by atoms with Gasteiger partial charge in [0.2, 0.25) is 5.91 Å². The second kappa shape index (κ2) is 7.84. The first kappa shape index (κ1) is 17.1. The molecule has 4 heteroatoms. The number of hydrogen-bond acceptors (Lipinski definition) is 2. The zero-order valence-electron chi connectivity index (χ0n) is 13.1. The van der Waals surface area contributed by atoms with Gasteiger partial charge in [-0.3, -0.25) is 4.79 Å². The van der Waals surface area contributed by atoms with Crippen molar-refractivity contribution in [2.45, 2.75) is 26.5 Å². The van der Waals surface area contributed by atoms with Gasteiger partial charge in [0.05, 0.1) is 5.75 Å². The molecule has 0 aromatic heterocycles. The van der Waals surface area contributed by atoms with Crippen LogP contribution >= 0.6 is 27.7 Å². The highest BCUT2D eigenvalue weighted by molar-refractivity contribution is 9.10. The molecule has 0 spiro atoms. The second-order valence-corrected chi connectivity index (χ2v) is 7.34. The Morgan fingerprint density at radius 1 is 1.09 bits per heavy atom. The minimum absolute atomic E-state index is 0.0529. The molecule has 2 rings (SSSR count). The van der Waals surface area contributed by atoms with E-state index in [4.69, 9.17) is 0 Å². The third-order valence-corrected chi connectivity index (χ3v) is 4.89. The van der Waals surface area contributed by atoms with Crippen LogP contribution in [0.15, 0.2) is 40.9 Å². The van der Waals surface area contributed by atoms with Crippen LogP contribution in [0.1, 0.15) is 22.3 Å². The summed E-state index contributed by atoms with van der Waals surface area (Å²) in [6.07, 6.45) is 0. The molecule has 1 amide bonds. The fourth-order valence-corrected chi connectivity index (χ4v) is 3.45. The van der Waals surface area contributed by atoms with Crippen LogP contribution in [0.5, 0.6) is 0 Å². The van der Waals surface area contributed by atoms with Crippen molar-refractivity contribution in [3.05, 3.63) is 63.1 Å². The third kappa shape index (κ3) is 4.89. The summed E-state index contributed by atoms with van der Waals surface area (Å²) in [5.41, 5.74) is 5.62. The summed E-state index contributed by atoms with van der Waals surface area (Å²) in [6.45, 7) is 6.13. The van der Waals surface area contributed by atoms with Crippen LogP contribution in [0.4, 0.5) is 5.69 Å². The van der Waals surface area contributed by atoms with Gasteiger partial charge in [-0.2, -0.15) is 0 Å². The van der Waals surface area contributed by atoms with Crippen molar-refractivity contribution in [1.29, 1.82) is 0 Å². The SMILES string of the molecule is Cc1cc(C)c(NC(=O)CSCc2ccc(Br)cc2)c(C)c1. The van der Waals surface area contributed by atoms with Gasteiger partial charge in [-0.15, -0.1) is 11.8 Å². The number of aryl methyl sites for hydroxylation is 3. The van der Waals surface area contributed by atoms with Gasteiger partial charge in [-0.05, 0) is 49.6 Å². The van der Waals surface area contributed by atoms with Gasteiger partial charge in [0.25, 0.3) is 0 Å². The predicted octanol–water partition coefficient (Wildman–Crippen LogP) is 5.25. The van der Waals surface area contributed by atoms with Crippen molar-refractivity contribution in [3.63, 3.8) is 0 Å². The van der Waals surface area contributed by atoms with E-state index < -0.39 is 0 Å². The fraction of sp³-hybridized carbons (Fsp3) is 0.278. The summed E-state index contributed by atoms with van der Waals surface area (Å²) < 4.78 is 1.07. The molecule has 22 heavy (non-hydrogen) atoms. The Bertz CT molecular complexity index is 644. The molecule has 1 N–H and O–H groups in total. The van der Waals surface area contributed by atoms with E-state index in [9.17, 15) is 4.79 Å². The van der Waals surface area contributed by atoms with E-state index >= 15 is 0 Å². The number of carbonyl (C=O) groups is 1. The zero-order chi connectivity index (χ0) is 16.1. The number of rotatable bonds is 5. The topological polar surface area (TPSA) is 29.1 Å². The Labute approximate surface area is 144 Å². The maximum atomic E-state index is 12.1. The molecule has 0 radical (unpaired) electrons. The Morgan fingerprint density at radius 2 is 1.68 bits per heavy atom. The Kier molecular flexibility index (Phi) is 6.09. The van der Waals surface area contributed by atoms with Gasteiger partial charge in [0.1, 0.15) is 0 Å². The first-order chi connectivity index (χ1) is 10.5. The maximum absolute atomic E-state index is 12.1. The molecule has 0 saturated carbocycles. The standard InChI is InChI=1S/C18H20BrNOS/c1-12-8-13(2)18(14(3)9-12)20-17(21)11-22-10-15-4-6-16(19)7-5-15/h4-9H,10-11H2,1-3H3,(H,20,21). The number of thioether (sulfide) groups is 1. The smallest absolute Gasteiger partial charge is 0.234 e. The quantitative estimate of drug-likeness (QED) is 0.770. The van der Waals surface area contributed by atoms with Gasteiger partial charge in [0.15, 0.2) is 0 Å². The molecule has 0 aliphatic carbocycles. The molecule has 0 bridgehead atoms. The molecule has 0 aliphatic heterocycles. The lowest BCUT2D eigenvalue weighted by Crippen LogP contribution is -2.16. The van der Waals surface area contributed by atoms with E-state index in [1.54, 1.807) is 11.8 Å². The van der Waals surface area contributed by atoms with E-state index in [1.807, 2.05) is 26.0 Å². The van der Waals surface area contributed by atoms with Crippen LogP contribution in [0, 0.1) is 20.8 Å². The van der Waals surface area contributed by atoms with E-state index in [-0.39, 0.29) is 5.91 Å². The number of anilines is 1. The molecule has 0 heterocycles. The van der Waals surface area contributed by atoms with Crippen molar-refractivity contribution in [3.8, 4) is 0 Å². The first-order valence-corrected chi connectivity index (χ1v) is 9.10. The lowest BCUT2D eigenvalue weighted by atomic mass is 10.1. The average Bonchev–Trinajstić information content (AvgIpc) is 2.45. The summed E-state index contributed by atoms with van der Waals surface area (Å²) in [7, 11) is 0. The summed E-state index contributed by atoms with van der Waals surface area (Å²) in [6, 6.07) is 12.4. The number of nitrogens with one attached hydrogen (secondary N) is 1. The minimum Gasteiger partial charge on any atom is -0.325 e. The van der Waals surface area contributed by atoms with Crippen LogP contribution in [-0.2, 0) is 10.5 Å². The molecule has 2 aromatic rings. The largest absolute Gasteiger partial charge is 0.325 e. The van der Waals surface area contributed by atoms with Gasteiger partial charge < -0.3 is 5.32 Å². The molecule has 2 nitrogen and oxygen atoms in total. The molecular formula is C18H20BrNOS. The average molecular weight is 378 g/mol. The molecular weight excluding hydrogens is 358 g/mol. The predicted molar refractivity (Wildman–Crippen MR) is 99.6 cm³/mol. The van der Waals surface area contributed by atoms with Crippen molar-refractivity contribution < 1.29 is 4.79 Å². The summed E-state index contributed by atoms with van der Waals surface area (Å²) in [5.74, 6) is 1.35. The summed E-state index contributed by atoms with van der Waals surface area (Å²) in [4.78, 5) is 12.1. The normalized spacial score (nSPS) is 10.5. The highest BCUT2D eigenvalue weighted by Crippen LogP contribution is 2.22. The van der Waals surface area contributed by atoms with Gasteiger partial charge in [0, 0.05) is 15.9 Å².